The average Bonchev–Trinajstić information content (AvgIpc) is 2.40. The van der Waals surface area contributed by atoms with Crippen molar-refractivity contribution in [2.45, 2.75) is 52.0 Å². The molecule has 3 heteroatoms. The van der Waals surface area contributed by atoms with Crippen LogP contribution in [0.4, 0.5) is 5.82 Å². The second-order valence-corrected chi connectivity index (χ2v) is 5.35. The predicted octanol–water partition coefficient (Wildman–Crippen LogP) is 3.51. The van der Waals surface area contributed by atoms with Gasteiger partial charge >= 0.3 is 0 Å². The van der Waals surface area contributed by atoms with Gasteiger partial charge in [0.05, 0.1) is 0 Å². The lowest BCUT2D eigenvalue weighted by Gasteiger charge is -2.24. The minimum Gasteiger partial charge on any atom is -0.383 e. The third-order valence-electron chi connectivity index (χ3n) is 3.89. The van der Waals surface area contributed by atoms with E-state index in [0.717, 1.165) is 13.0 Å². The Bertz CT molecular complexity index is 431. The highest BCUT2D eigenvalue weighted by Crippen LogP contribution is 2.31. The maximum atomic E-state index is 6.09. The van der Waals surface area contributed by atoms with Gasteiger partial charge in [-0.3, -0.25) is 0 Å². The fraction of sp³-hybridized carbons (Fsp3) is 0.562. The molecule has 19 heavy (non-hydrogen) atoms. The first kappa shape index (κ1) is 14.1. The largest absolute Gasteiger partial charge is 0.383 e. The van der Waals surface area contributed by atoms with Crippen molar-refractivity contribution >= 4 is 5.82 Å². The predicted molar refractivity (Wildman–Crippen MR) is 81.0 cm³/mol. The topological polar surface area (TPSA) is 50.9 Å². The van der Waals surface area contributed by atoms with Crippen molar-refractivity contribution in [3.8, 4) is 0 Å². The average molecular weight is 259 g/mol. The number of hydrogen-bond acceptors (Lipinski definition) is 3. The second kappa shape index (κ2) is 6.71. The number of nitrogens with zero attached hydrogens (tertiary/aromatic N) is 1. The molecule has 1 aromatic heterocycles. The molecule has 0 fully saturated rings. The number of nitrogen functional groups attached to an aromatic ring is 1. The van der Waals surface area contributed by atoms with E-state index in [1.54, 1.807) is 11.8 Å². The van der Waals surface area contributed by atoms with Crippen LogP contribution in [0.25, 0.3) is 0 Å². The highest BCUT2D eigenvalue weighted by atomic mass is 14.9. The van der Waals surface area contributed by atoms with Crippen LogP contribution in [0.3, 0.4) is 0 Å². The van der Waals surface area contributed by atoms with Gasteiger partial charge in [0.1, 0.15) is 5.82 Å². The van der Waals surface area contributed by atoms with E-state index in [9.17, 15) is 0 Å². The molecular formula is C16H25N3. The Kier molecular flexibility index (Phi) is 4.97. The summed E-state index contributed by atoms with van der Waals surface area (Å²) in [6.45, 7) is 5.21. The summed E-state index contributed by atoms with van der Waals surface area (Å²) in [5, 5.41) is 3.57. The first-order valence-electron chi connectivity index (χ1n) is 7.34. The monoisotopic (exact) mass is 259 g/mol. The molecule has 0 bridgehead atoms. The van der Waals surface area contributed by atoms with Gasteiger partial charge < -0.3 is 11.1 Å². The van der Waals surface area contributed by atoms with E-state index in [1.807, 2.05) is 6.07 Å². The maximum absolute atomic E-state index is 6.09. The van der Waals surface area contributed by atoms with E-state index in [-0.39, 0.29) is 0 Å². The van der Waals surface area contributed by atoms with Gasteiger partial charge in [-0.1, -0.05) is 18.6 Å². The van der Waals surface area contributed by atoms with E-state index in [2.05, 4.69) is 30.2 Å². The van der Waals surface area contributed by atoms with Gasteiger partial charge in [-0.2, -0.15) is 0 Å². The van der Waals surface area contributed by atoms with Crippen molar-refractivity contribution in [3.63, 3.8) is 0 Å². The molecule has 0 radical (unpaired) electrons. The normalized spacial score (nSPS) is 17.1. The number of aryl methyl sites for hydroxylation is 1. The molecule has 1 aromatic rings. The van der Waals surface area contributed by atoms with Crippen molar-refractivity contribution in [2.75, 3.05) is 12.3 Å². The van der Waals surface area contributed by atoms with Crippen LogP contribution in [0.2, 0.25) is 0 Å². The SMILES string of the molecule is CCNC(CC1=CCCCC1)c1c(C)ccnc1N. The smallest absolute Gasteiger partial charge is 0.128 e. The molecule has 0 aromatic carbocycles. The van der Waals surface area contributed by atoms with E-state index >= 15 is 0 Å². The number of nitrogens with two attached hydrogens (primary N) is 1. The number of rotatable bonds is 5. The van der Waals surface area contributed by atoms with E-state index in [0.29, 0.717) is 11.9 Å². The molecule has 3 nitrogen and oxygen atoms in total. The fourth-order valence-electron chi connectivity index (χ4n) is 2.92. The summed E-state index contributed by atoms with van der Waals surface area (Å²) in [5.41, 5.74) is 10.1. The summed E-state index contributed by atoms with van der Waals surface area (Å²) < 4.78 is 0. The Balaban J connectivity index is 2.21. The summed E-state index contributed by atoms with van der Waals surface area (Å²) in [6.07, 6.45) is 10.4. The molecule has 0 spiro atoms. The minimum atomic E-state index is 0.294. The first-order chi connectivity index (χ1) is 9.22. The molecule has 1 unspecified atom stereocenters. The van der Waals surface area contributed by atoms with Crippen molar-refractivity contribution in [1.82, 2.24) is 10.3 Å². The number of aromatic nitrogens is 1. The summed E-state index contributed by atoms with van der Waals surface area (Å²) in [5.74, 6) is 0.669. The molecule has 0 saturated carbocycles. The van der Waals surface area contributed by atoms with Crippen molar-refractivity contribution in [3.05, 3.63) is 35.0 Å². The highest BCUT2D eigenvalue weighted by molar-refractivity contribution is 5.46. The van der Waals surface area contributed by atoms with Crippen molar-refractivity contribution < 1.29 is 0 Å². The van der Waals surface area contributed by atoms with Crippen LogP contribution in [-0.4, -0.2) is 11.5 Å². The van der Waals surface area contributed by atoms with Crippen LogP contribution in [0, 0.1) is 6.92 Å². The van der Waals surface area contributed by atoms with Crippen LogP contribution in [0.1, 0.15) is 56.2 Å². The van der Waals surface area contributed by atoms with Gasteiger partial charge in [0.15, 0.2) is 0 Å². The number of hydrogen-bond donors (Lipinski definition) is 2. The Morgan fingerprint density at radius 3 is 2.89 bits per heavy atom. The van der Waals surface area contributed by atoms with Gasteiger partial charge in [0.25, 0.3) is 0 Å². The van der Waals surface area contributed by atoms with E-state index < -0.39 is 0 Å². The third-order valence-corrected chi connectivity index (χ3v) is 3.89. The van der Waals surface area contributed by atoms with Crippen molar-refractivity contribution in [2.24, 2.45) is 0 Å². The zero-order valence-electron chi connectivity index (χ0n) is 12.1. The molecule has 1 aliphatic carbocycles. The molecule has 104 valence electrons. The van der Waals surface area contributed by atoms with Crippen LogP contribution in [0.5, 0.6) is 0 Å². The number of pyridine rings is 1. The summed E-state index contributed by atoms with van der Waals surface area (Å²) in [6, 6.07) is 2.34. The van der Waals surface area contributed by atoms with Gasteiger partial charge in [0.2, 0.25) is 0 Å². The lowest BCUT2D eigenvalue weighted by molar-refractivity contribution is 0.526. The van der Waals surface area contributed by atoms with E-state index in [1.165, 1.54) is 36.8 Å². The third kappa shape index (κ3) is 3.57. The molecule has 0 amide bonds. The zero-order valence-corrected chi connectivity index (χ0v) is 12.1. The Morgan fingerprint density at radius 1 is 1.42 bits per heavy atom. The molecule has 1 heterocycles. The molecule has 0 saturated heterocycles. The maximum Gasteiger partial charge on any atom is 0.128 e. The first-order valence-corrected chi connectivity index (χ1v) is 7.34. The van der Waals surface area contributed by atoms with Crippen LogP contribution >= 0.6 is 0 Å². The van der Waals surface area contributed by atoms with E-state index in [4.69, 9.17) is 5.73 Å². The molecule has 2 rings (SSSR count). The lowest BCUT2D eigenvalue weighted by atomic mass is 9.90. The summed E-state index contributed by atoms with van der Waals surface area (Å²) in [4.78, 5) is 4.25. The molecule has 1 aliphatic rings. The van der Waals surface area contributed by atoms with Gasteiger partial charge in [0, 0.05) is 17.8 Å². The zero-order chi connectivity index (χ0) is 13.7. The van der Waals surface area contributed by atoms with Gasteiger partial charge in [-0.05, 0) is 57.2 Å². The summed E-state index contributed by atoms with van der Waals surface area (Å²) in [7, 11) is 0. The Labute approximate surface area is 116 Å². The molecule has 1 atom stereocenters. The standard InChI is InChI=1S/C16H25N3/c1-3-18-14(11-13-7-5-4-6-8-13)15-12(2)9-10-19-16(15)17/h7,9-10,14,18H,3-6,8,11H2,1-2H3,(H2,17,19). The summed E-state index contributed by atoms with van der Waals surface area (Å²) >= 11 is 0. The quantitative estimate of drug-likeness (QED) is 0.796. The molecule has 3 N–H and O–H groups in total. The minimum absolute atomic E-state index is 0.294. The Morgan fingerprint density at radius 2 is 2.26 bits per heavy atom. The highest BCUT2D eigenvalue weighted by Gasteiger charge is 2.18. The number of nitrogens with one attached hydrogen (secondary N) is 1. The number of allylic oxidation sites excluding steroid dienone is 1. The number of anilines is 1. The molecule has 0 aliphatic heterocycles. The van der Waals surface area contributed by atoms with Gasteiger partial charge in [-0.15, -0.1) is 0 Å². The lowest BCUT2D eigenvalue weighted by Crippen LogP contribution is -2.24. The second-order valence-electron chi connectivity index (χ2n) is 5.35. The van der Waals surface area contributed by atoms with Crippen LogP contribution in [-0.2, 0) is 0 Å². The Hall–Kier alpha value is -1.35. The van der Waals surface area contributed by atoms with Crippen LogP contribution < -0.4 is 11.1 Å². The molecular weight excluding hydrogens is 234 g/mol. The van der Waals surface area contributed by atoms with Gasteiger partial charge in [-0.25, -0.2) is 4.98 Å². The van der Waals surface area contributed by atoms with Crippen LogP contribution in [0.15, 0.2) is 23.9 Å². The fourth-order valence-corrected chi connectivity index (χ4v) is 2.92. The van der Waals surface area contributed by atoms with Crippen molar-refractivity contribution in [1.29, 1.82) is 0 Å².